The molecule has 0 fully saturated rings. The molecule has 0 aliphatic carbocycles. The van der Waals surface area contributed by atoms with Gasteiger partial charge in [-0.2, -0.15) is 0 Å². The van der Waals surface area contributed by atoms with Crippen LogP contribution in [0.4, 0.5) is 0 Å². The van der Waals surface area contributed by atoms with E-state index in [-0.39, 0.29) is 5.91 Å². The minimum atomic E-state index is -0.274. The molecule has 0 atom stereocenters. The van der Waals surface area contributed by atoms with Crippen LogP contribution in [0.2, 0.25) is 0 Å². The molecule has 1 amide bonds. The highest BCUT2D eigenvalue weighted by Crippen LogP contribution is 1.77. The Hall–Kier alpha value is -0.610. The second kappa shape index (κ2) is 6.12. The number of nitrogens with zero attached hydrogens (tertiary/aromatic N) is 1. The molecule has 0 saturated carbocycles. The molecule has 0 aliphatic rings. The maximum Gasteiger partial charge on any atom is 0.231 e. The molecule has 0 rings (SSSR count). The average Bonchev–Trinajstić information content (AvgIpc) is 1.86. The van der Waals surface area contributed by atoms with Crippen LogP contribution >= 0.6 is 0 Å². The number of carbonyl (C=O) groups is 1. The van der Waals surface area contributed by atoms with Crippen molar-refractivity contribution in [3.8, 4) is 0 Å². The molecule has 66 valence electrons. The van der Waals surface area contributed by atoms with Gasteiger partial charge in [0, 0.05) is 13.1 Å². The van der Waals surface area contributed by atoms with Crippen LogP contribution in [0.25, 0.3) is 0 Å². The van der Waals surface area contributed by atoms with Crippen molar-refractivity contribution in [2.45, 2.75) is 6.92 Å². The summed E-state index contributed by atoms with van der Waals surface area (Å²) in [6.45, 7) is 5.11. The van der Waals surface area contributed by atoms with Crippen molar-refractivity contribution in [1.29, 1.82) is 0 Å². The molecular formula is C7H17N3O. The lowest BCUT2D eigenvalue weighted by Gasteiger charge is -2.13. The van der Waals surface area contributed by atoms with Crippen molar-refractivity contribution in [2.75, 3.05) is 33.2 Å². The Balaban J connectivity index is 3.22. The van der Waals surface area contributed by atoms with E-state index in [0.29, 0.717) is 6.54 Å². The number of hydrogen-bond donors (Lipinski definition) is 2. The minimum Gasteiger partial charge on any atom is -0.369 e. The van der Waals surface area contributed by atoms with E-state index in [1.165, 1.54) is 0 Å². The van der Waals surface area contributed by atoms with E-state index in [4.69, 9.17) is 5.73 Å². The number of nitrogens with one attached hydrogen (secondary N) is 1. The predicted molar refractivity (Wildman–Crippen MR) is 45.2 cm³/mol. The number of amides is 1. The number of carbonyl (C=O) groups excluding carboxylic acids is 1. The third-order valence-electron chi connectivity index (χ3n) is 1.35. The standard InChI is InChI=1S/C7H17N3O/c1-3-9-4-5-10(2)6-7(8)11/h9H,3-6H2,1-2H3,(H2,8,11). The topological polar surface area (TPSA) is 58.4 Å². The van der Waals surface area contributed by atoms with E-state index in [2.05, 4.69) is 5.32 Å². The summed E-state index contributed by atoms with van der Waals surface area (Å²) < 4.78 is 0. The Bertz CT molecular complexity index is 116. The van der Waals surface area contributed by atoms with Crippen molar-refractivity contribution in [2.24, 2.45) is 5.73 Å². The van der Waals surface area contributed by atoms with Gasteiger partial charge in [-0.1, -0.05) is 6.92 Å². The Kier molecular flexibility index (Phi) is 5.78. The molecule has 11 heavy (non-hydrogen) atoms. The summed E-state index contributed by atoms with van der Waals surface area (Å²) in [7, 11) is 1.88. The normalized spacial score (nSPS) is 10.5. The summed E-state index contributed by atoms with van der Waals surface area (Å²) in [5.41, 5.74) is 5.00. The van der Waals surface area contributed by atoms with Crippen molar-refractivity contribution in [3.63, 3.8) is 0 Å². The van der Waals surface area contributed by atoms with Gasteiger partial charge in [-0.3, -0.25) is 9.69 Å². The second-order valence-electron chi connectivity index (χ2n) is 2.56. The van der Waals surface area contributed by atoms with Crippen LogP contribution in [0.3, 0.4) is 0 Å². The first kappa shape index (κ1) is 10.4. The van der Waals surface area contributed by atoms with Crippen LogP contribution in [0, 0.1) is 0 Å². The lowest BCUT2D eigenvalue weighted by molar-refractivity contribution is -0.118. The van der Waals surface area contributed by atoms with E-state index in [1.807, 2.05) is 18.9 Å². The largest absolute Gasteiger partial charge is 0.369 e. The second-order valence-corrected chi connectivity index (χ2v) is 2.56. The Morgan fingerprint density at radius 2 is 2.27 bits per heavy atom. The SMILES string of the molecule is CCNCCN(C)CC(N)=O. The Morgan fingerprint density at radius 3 is 2.73 bits per heavy atom. The molecule has 4 nitrogen and oxygen atoms in total. The van der Waals surface area contributed by atoms with Gasteiger partial charge in [0.2, 0.25) is 5.91 Å². The molecule has 0 spiro atoms. The molecule has 0 aromatic heterocycles. The number of rotatable bonds is 6. The molecule has 3 N–H and O–H groups in total. The first-order chi connectivity index (χ1) is 5.16. The highest BCUT2D eigenvalue weighted by Gasteiger charge is 1.99. The summed E-state index contributed by atoms with van der Waals surface area (Å²) in [5, 5.41) is 3.16. The smallest absolute Gasteiger partial charge is 0.231 e. The summed E-state index contributed by atoms with van der Waals surface area (Å²) in [6.07, 6.45) is 0. The van der Waals surface area contributed by atoms with Crippen LogP contribution in [-0.4, -0.2) is 44.0 Å². The molecule has 0 radical (unpaired) electrons. The van der Waals surface area contributed by atoms with Gasteiger partial charge in [0.05, 0.1) is 6.54 Å². The number of nitrogens with two attached hydrogens (primary N) is 1. The van der Waals surface area contributed by atoms with Gasteiger partial charge in [-0.25, -0.2) is 0 Å². The van der Waals surface area contributed by atoms with Crippen LogP contribution in [0.1, 0.15) is 6.92 Å². The molecule has 0 saturated heterocycles. The number of primary amides is 1. The third-order valence-corrected chi connectivity index (χ3v) is 1.35. The predicted octanol–water partition coefficient (Wildman–Crippen LogP) is -0.987. The maximum atomic E-state index is 10.4. The maximum absolute atomic E-state index is 10.4. The monoisotopic (exact) mass is 159 g/mol. The van der Waals surface area contributed by atoms with Gasteiger partial charge < -0.3 is 11.1 Å². The van der Waals surface area contributed by atoms with Gasteiger partial charge in [-0.15, -0.1) is 0 Å². The van der Waals surface area contributed by atoms with Gasteiger partial charge in [0.15, 0.2) is 0 Å². The van der Waals surface area contributed by atoms with Crippen LogP contribution in [-0.2, 0) is 4.79 Å². The van der Waals surface area contributed by atoms with Gasteiger partial charge in [0.25, 0.3) is 0 Å². The van der Waals surface area contributed by atoms with Crippen molar-refractivity contribution in [1.82, 2.24) is 10.2 Å². The van der Waals surface area contributed by atoms with Crippen LogP contribution in [0.15, 0.2) is 0 Å². The van der Waals surface area contributed by atoms with E-state index >= 15 is 0 Å². The first-order valence-electron chi connectivity index (χ1n) is 3.84. The Morgan fingerprint density at radius 1 is 1.64 bits per heavy atom. The zero-order chi connectivity index (χ0) is 8.69. The minimum absolute atomic E-state index is 0.274. The van der Waals surface area contributed by atoms with Gasteiger partial charge >= 0.3 is 0 Å². The fraction of sp³-hybridized carbons (Fsp3) is 0.857. The van der Waals surface area contributed by atoms with Crippen molar-refractivity contribution < 1.29 is 4.79 Å². The van der Waals surface area contributed by atoms with E-state index in [9.17, 15) is 4.79 Å². The summed E-state index contributed by atoms with van der Waals surface area (Å²) >= 11 is 0. The highest BCUT2D eigenvalue weighted by atomic mass is 16.1. The van der Waals surface area contributed by atoms with Crippen molar-refractivity contribution in [3.05, 3.63) is 0 Å². The molecule has 0 aliphatic heterocycles. The molecule has 0 bridgehead atoms. The summed E-state index contributed by atoms with van der Waals surface area (Å²) in [5.74, 6) is -0.274. The summed E-state index contributed by atoms with van der Waals surface area (Å²) in [4.78, 5) is 12.3. The number of hydrogen-bond acceptors (Lipinski definition) is 3. The van der Waals surface area contributed by atoms with Crippen LogP contribution < -0.4 is 11.1 Å². The number of likely N-dealkylation sites (N-methyl/N-ethyl adjacent to an activating group) is 2. The van der Waals surface area contributed by atoms with Crippen LogP contribution in [0.5, 0.6) is 0 Å². The lowest BCUT2D eigenvalue weighted by atomic mass is 10.5. The fourth-order valence-electron chi connectivity index (χ4n) is 0.792. The van der Waals surface area contributed by atoms with Crippen molar-refractivity contribution >= 4 is 5.91 Å². The molecule has 0 aromatic carbocycles. The van der Waals surface area contributed by atoms with Gasteiger partial charge in [0.1, 0.15) is 0 Å². The molecule has 0 heterocycles. The summed E-state index contributed by atoms with van der Waals surface area (Å²) in [6, 6.07) is 0. The van der Waals surface area contributed by atoms with Gasteiger partial charge in [-0.05, 0) is 13.6 Å². The third kappa shape index (κ3) is 7.29. The fourth-order valence-corrected chi connectivity index (χ4v) is 0.792. The average molecular weight is 159 g/mol. The molecule has 4 heteroatoms. The quantitative estimate of drug-likeness (QED) is 0.489. The van der Waals surface area contributed by atoms with E-state index in [0.717, 1.165) is 19.6 Å². The molecule has 0 unspecified atom stereocenters. The highest BCUT2D eigenvalue weighted by molar-refractivity contribution is 5.75. The molecular weight excluding hydrogens is 142 g/mol. The zero-order valence-corrected chi connectivity index (χ0v) is 7.26. The lowest BCUT2D eigenvalue weighted by Crippen LogP contribution is -2.35. The molecule has 0 aromatic rings. The zero-order valence-electron chi connectivity index (χ0n) is 7.26. The first-order valence-corrected chi connectivity index (χ1v) is 3.84. The van der Waals surface area contributed by atoms with E-state index < -0.39 is 0 Å². The Labute approximate surface area is 67.7 Å². The van der Waals surface area contributed by atoms with E-state index in [1.54, 1.807) is 0 Å².